The van der Waals surface area contributed by atoms with Crippen LogP contribution >= 0.6 is 27.5 Å². The van der Waals surface area contributed by atoms with E-state index in [2.05, 4.69) is 15.9 Å². The molecular weight excluding hydrogens is 231 g/mol. The third kappa shape index (κ3) is 1.60. The number of aromatic hydroxyl groups is 1. The van der Waals surface area contributed by atoms with Crippen LogP contribution in [0.3, 0.4) is 0 Å². The Hall–Kier alpha value is -0.410. The molecule has 0 saturated carbocycles. The van der Waals surface area contributed by atoms with E-state index in [1.54, 1.807) is 6.07 Å². The van der Waals surface area contributed by atoms with Crippen molar-refractivity contribution in [2.24, 2.45) is 0 Å². The van der Waals surface area contributed by atoms with Crippen LogP contribution < -0.4 is 4.74 Å². The maximum absolute atomic E-state index is 9.17. The van der Waals surface area contributed by atoms with Gasteiger partial charge in [0, 0.05) is 0 Å². The molecule has 0 unspecified atom stereocenters. The first kappa shape index (κ1) is 8.68. The molecular formula is C7H6BrClO2. The molecule has 0 atom stereocenters. The second kappa shape index (κ2) is 3.32. The van der Waals surface area contributed by atoms with Gasteiger partial charge >= 0.3 is 0 Å². The van der Waals surface area contributed by atoms with Crippen LogP contribution in [0.25, 0.3) is 0 Å². The first-order chi connectivity index (χ1) is 5.16. The Morgan fingerprint density at radius 1 is 1.55 bits per heavy atom. The normalized spacial score (nSPS) is 9.73. The number of benzene rings is 1. The maximum atomic E-state index is 9.17. The van der Waals surface area contributed by atoms with Gasteiger partial charge in [-0.05, 0) is 28.1 Å². The van der Waals surface area contributed by atoms with Crippen LogP contribution in [-0.2, 0) is 0 Å². The van der Waals surface area contributed by atoms with E-state index in [4.69, 9.17) is 16.3 Å². The Morgan fingerprint density at radius 2 is 2.18 bits per heavy atom. The molecule has 0 aliphatic carbocycles. The number of hydrogen-bond donors (Lipinski definition) is 1. The van der Waals surface area contributed by atoms with Gasteiger partial charge in [0.25, 0.3) is 0 Å². The number of phenolic OH excluding ortho intramolecular Hbond substituents is 1. The Labute approximate surface area is 77.9 Å². The summed E-state index contributed by atoms with van der Waals surface area (Å²) in [6, 6.07) is 3.06. The highest BCUT2D eigenvalue weighted by Crippen LogP contribution is 2.38. The van der Waals surface area contributed by atoms with Crippen molar-refractivity contribution in [3.63, 3.8) is 0 Å². The molecule has 1 N–H and O–H groups in total. The summed E-state index contributed by atoms with van der Waals surface area (Å²) in [4.78, 5) is 0. The van der Waals surface area contributed by atoms with Crippen molar-refractivity contribution in [2.45, 2.75) is 0 Å². The quantitative estimate of drug-likeness (QED) is 0.814. The number of ether oxygens (including phenoxy) is 1. The van der Waals surface area contributed by atoms with Crippen molar-refractivity contribution >= 4 is 27.5 Å². The van der Waals surface area contributed by atoms with E-state index in [9.17, 15) is 5.11 Å². The lowest BCUT2D eigenvalue weighted by molar-refractivity contribution is 0.404. The van der Waals surface area contributed by atoms with E-state index in [0.717, 1.165) is 0 Å². The molecule has 0 aliphatic heterocycles. The number of phenols is 1. The minimum Gasteiger partial charge on any atom is -0.507 e. The van der Waals surface area contributed by atoms with E-state index < -0.39 is 0 Å². The highest BCUT2D eigenvalue weighted by Gasteiger charge is 2.08. The average molecular weight is 237 g/mol. The Morgan fingerprint density at radius 3 is 2.64 bits per heavy atom. The van der Waals surface area contributed by atoms with Gasteiger partial charge in [0.1, 0.15) is 10.2 Å². The fourth-order valence-electron chi connectivity index (χ4n) is 0.709. The SMILES string of the molecule is COc1c(Cl)ccc(O)c1Br. The summed E-state index contributed by atoms with van der Waals surface area (Å²) >= 11 is 8.87. The van der Waals surface area contributed by atoms with E-state index in [0.29, 0.717) is 15.2 Å². The molecule has 0 bridgehead atoms. The standard InChI is InChI=1S/C7H6BrClO2/c1-11-7-4(9)2-3-5(10)6(7)8/h2-3,10H,1H3. The monoisotopic (exact) mass is 236 g/mol. The van der Waals surface area contributed by atoms with Gasteiger partial charge in [-0.15, -0.1) is 0 Å². The highest BCUT2D eigenvalue weighted by atomic mass is 79.9. The number of methoxy groups -OCH3 is 1. The molecule has 0 saturated heterocycles. The van der Waals surface area contributed by atoms with Crippen LogP contribution in [-0.4, -0.2) is 12.2 Å². The molecule has 11 heavy (non-hydrogen) atoms. The number of halogens is 2. The van der Waals surface area contributed by atoms with Gasteiger partial charge in [0.15, 0.2) is 5.75 Å². The van der Waals surface area contributed by atoms with Gasteiger partial charge in [0.05, 0.1) is 12.1 Å². The van der Waals surface area contributed by atoms with Crippen molar-refractivity contribution in [3.8, 4) is 11.5 Å². The number of hydrogen-bond acceptors (Lipinski definition) is 2. The zero-order valence-corrected chi connectivity index (χ0v) is 8.11. The molecule has 0 aromatic heterocycles. The molecule has 1 rings (SSSR count). The lowest BCUT2D eigenvalue weighted by Gasteiger charge is -2.05. The molecule has 0 aliphatic rings. The first-order valence-electron chi connectivity index (χ1n) is 2.87. The smallest absolute Gasteiger partial charge is 0.155 e. The largest absolute Gasteiger partial charge is 0.507 e. The van der Waals surface area contributed by atoms with Gasteiger partial charge in [0.2, 0.25) is 0 Å². The summed E-state index contributed by atoms with van der Waals surface area (Å²) < 4.78 is 5.40. The molecule has 60 valence electrons. The predicted octanol–water partition coefficient (Wildman–Crippen LogP) is 2.82. The molecule has 1 aromatic carbocycles. The van der Waals surface area contributed by atoms with E-state index >= 15 is 0 Å². The van der Waals surface area contributed by atoms with Crippen molar-refractivity contribution in [1.29, 1.82) is 0 Å². The van der Waals surface area contributed by atoms with Crippen LogP contribution in [0.15, 0.2) is 16.6 Å². The van der Waals surface area contributed by atoms with Crippen LogP contribution in [0.1, 0.15) is 0 Å². The van der Waals surface area contributed by atoms with Crippen LogP contribution in [0, 0.1) is 0 Å². The van der Waals surface area contributed by atoms with Gasteiger partial charge in [-0.3, -0.25) is 0 Å². The molecule has 0 heterocycles. The third-order valence-electron chi connectivity index (χ3n) is 1.23. The second-order valence-electron chi connectivity index (χ2n) is 1.91. The van der Waals surface area contributed by atoms with E-state index in [-0.39, 0.29) is 5.75 Å². The minimum absolute atomic E-state index is 0.117. The molecule has 0 spiro atoms. The van der Waals surface area contributed by atoms with Gasteiger partial charge in [-0.25, -0.2) is 0 Å². The van der Waals surface area contributed by atoms with Crippen molar-refractivity contribution in [1.82, 2.24) is 0 Å². The third-order valence-corrected chi connectivity index (χ3v) is 2.30. The van der Waals surface area contributed by atoms with Crippen LogP contribution in [0.5, 0.6) is 11.5 Å². The topological polar surface area (TPSA) is 29.5 Å². The lowest BCUT2D eigenvalue weighted by Crippen LogP contribution is -1.85. The van der Waals surface area contributed by atoms with Gasteiger partial charge in [-0.2, -0.15) is 0 Å². The van der Waals surface area contributed by atoms with E-state index in [1.807, 2.05) is 0 Å². The molecule has 1 aromatic rings. The molecule has 2 nitrogen and oxygen atoms in total. The first-order valence-corrected chi connectivity index (χ1v) is 4.05. The minimum atomic E-state index is 0.117. The van der Waals surface area contributed by atoms with Crippen molar-refractivity contribution < 1.29 is 9.84 Å². The Kier molecular flexibility index (Phi) is 2.62. The second-order valence-corrected chi connectivity index (χ2v) is 3.11. The Balaban J connectivity index is 3.29. The van der Waals surface area contributed by atoms with Crippen molar-refractivity contribution in [3.05, 3.63) is 21.6 Å². The fraction of sp³-hybridized carbons (Fsp3) is 0.143. The average Bonchev–Trinajstić information content (AvgIpc) is 1.99. The summed E-state index contributed by atoms with van der Waals surface area (Å²) in [5.41, 5.74) is 0. The summed E-state index contributed by atoms with van der Waals surface area (Å²) in [6.07, 6.45) is 0. The van der Waals surface area contributed by atoms with Gasteiger partial charge in [-0.1, -0.05) is 11.6 Å². The van der Waals surface area contributed by atoms with E-state index in [1.165, 1.54) is 13.2 Å². The zero-order valence-electron chi connectivity index (χ0n) is 5.77. The summed E-state index contributed by atoms with van der Waals surface area (Å²) in [6.45, 7) is 0. The maximum Gasteiger partial charge on any atom is 0.155 e. The Bertz CT molecular complexity index is 275. The number of rotatable bonds is 1. The molecule has 0 amide bonds. The molecule has 0 radical (unpaired) electrons. The summed E-state index contributed by atoms with van der Waals surface area (Å²) in [5.74, 6) is 0.568. The summed E-state index contributed by atoms with van der Waals surface area (Å²) in [7, 11) is 1.49. The fourth-order valence-corrected chi connectivity index (χ4v) is 1.57. The molecule has 0 fully saturated rings. The highest BCUT2D eigenvalue weighted by molar-refractivity contribution is 9.10. The molecule has 4 heteroatoms. The lowest BCUT2D eigenvalue weighted by atomic mass is 10.3. The van der Waals surface area contributed by atoms with Crippen LogP contribution in [0.4, 0.5) is 0 Å². The van der Waals surface area contributed by atoms with Crippen molar-refractivity contribution in [2.75, 3.05) is 7.11 Å². The van der Waals surface area contributed by atoms with Gasteiger partial charge < -0.3 is 9.84 Å². The summed E-state index contributed by atoms with van der Waals surface area (Å²) in [5, 5.41) is 9.64. The van der Waals surface area contributed by atoms with Crippen LogP contribution in [0.2, 0.25) is 5.02 Å². The predicted molar refractivity (Wildman–Crippen MR) is 47.4 cm³/mol. The zero-order chi connectivity index (χ0) is 8.43.